The van der Waals surface area contributed by atoms with Crippen molar-refractivity contribution in [2.45, 2.75) is 41.2 Å². The number of hydrogen-bond acceptors (Lipinski definition) is 10. The highest BCUT2D eigenvalue weighted by molar-refractivity contribution is 7.98. The van der Waals surface area contributed by atoms with Gasteiger partial charge in [-0.05, 0) is 18.6 Å². The molecule has 10 nitrogen and oxygen atoms in total. The lowest BCUT2D eigenvalue weighted by molar-refractivity contribution is -0.182. The molecule has 44 heavy (non-hydrogen) atoms. The summed E-state index contributed by atoms with van der Waals surface area (Å²) in [5.74, 6) is -5.06. The highest BCUT2D eigenvalue weighted by atomic mass is 32.2. The zero-order valence-electron chi connectivity index (χ0n) is 21.2. The van der Waals surface area contributed by atoms with Gasteiger partial charge >= 0.3 is 24.7 Å². The van der Waals surface area contributed by atoms with Crippen LogP contribution in [0.2, 0.25) is 0 Å². The monoisotopic (exact) mass is 688 g/mol. The highest BCUT2D eigenvalue weighted by Gasteiger charge is 2.46. The molecule has 0 aromatic carbocycles. The number of anilines is 1. The first-order chi connectivity index (χ1) is 19.9. The van der Waals surface area contributed by atoms with Crippen LogP contribution in [0.3, 0.4) is 0 Å². The molecule has 0 saturated heterocycles. The number of halogens is 12. The Labute approximate surface area is 244 Å². The van der Waals surface area contributed by atoms with Gasteiger partial charge in [-0.1, -0.05) is 0 Å². The number of hydrogen-bond donors (Lipinski definition) is 2. The number of carbonyl (C=O) groups is 2. The van der Waals surface area contributed by atoms with E-state index in [0.29, 0.717) is 16.4 Å². The molecular formula is C20H12F12N8O2S2. The van der Waals surface area contributed by atoms with Crippen molar-refractivity contribution in [1.82, 2.24) is 24.8 Å². The zero-order chi connectivity index (χ0) is 34.4. The molecule has 0 bridgehead atoms. The van der Waals surface area contributed by atoms with E-state index in [2.05, 4.69) is 20.3 Å². The first kappa shape index (κ1) is 37.8. The van der Waals surface area contributed by atoms with Gasteiger partial charge in [0.25, 0.3) is 0 Å². The van der Waals surface area contributed by atoms with E-state index in [4.69, 9.17) is 16.3 Å². The van der Waals surface area contributed by atoms with Gasteiger partial charge in [-0.2, -0.15) is 73.4 Å². The van der Waals surface area contributed by atoms with Crippen molar-refractivity contribution in [3.63, 3.8) is 0 Å². The summed E-state index contributed by atoms with van der Waals surface area (Å²) in [5.41, 5.74) is 1.23. The Kier molecular flexibility index (Phi) is 12.1. The number of nitrogen functional groups attached to an aromatic ring is 1. The van der Waals surface area contributed by atoms with Crippen molar-refractivity contribution in [1.29, 1.82) is 10.5 Å². The zero-order valence-corrected chi connectivity index (χ0v) is 22.8. The summed E-state index contributed by atoms with van der Waals surface area (Å²) in [7, 11) is 0. The first-order valence-corrected chi connectivity index (χ1v) is 12.9. The number of carbonyl (C=O) groups excluding carboxylic acids is 2. The Morgan fingerprint density at radius 3 is 1.68 bits per heavy atom. The van der Waals surface area contributed by atoms with Gasteiger partial charge in [0.2, 0.25) is 11.6 Å². The highest BCUT2D eigenvalue weighted by Crippen LogP contribution is 2.36. The number of nitrogens with zero attached hydrogens (tertiary/aromatic N) is 6. The van der Waals surface area contributed by atoms with Crippen molar-refractivity contribution in [2.75, 3.05) is 18.2 Å². The molecule has 0 amide bonds. The number of nitrogens with two attached hydrogens (primary N) is 1. The number of aromatic amines is 1. The summed E-state index contributed by atoms with van der Waals surface area (Å²) in [6, 6.07) is 3.35. The molecule has 0 saturated carbocycles. The third-order valence-electron chi connectivity index (χ3n) is 4.46. The molecule has 240 valence electrons. The lowest BCUT2D eigenvalue weighted by Gasteiger charge is -2.12. The van der Waals surface area contributed by atoms with Crippen molar-refractivity contribution < 1.29 is 62.3 Å². The largest absolute Gasteiger partial charge is 0.450 e. The second kappa shape index (κ2) is 14.1. The Balaban J connectivity index is 0.000000360. The third kappa shape index (κ3) is 9.66. The molecule has 3 aromatic rings. The smallest absolute Gasteiger partial charge is 0.383 e. The minimum Gasteiger partial charge on any atom is -0.383 e. The predicted molar refractivity (Wildman–Crippen MR) is 126 cm³/mol. The molecule has 0 aliphatic heterocycles. The number of nitrogens with one attached hydrogen (secondary N) is 1. The number of H-pyrrole nitrogens is 1. The standard InChI is InChI=1S/C10H4F6N4S.C5H2F6O2.C5H6N4S/c1-21-8-4(3-17)7-18-5(9(11,12)13)2-6(10(14,15)16)20(7)19-8;6-4(7,8)2(12)1-3(13)5(9,10)11;1-10-5-3(2-6)4(7)8-9-5/h2H,1H3;1H2;1H3,(H3,7,8,9). The van der Waals surface area contributed by atoms with Crippen LogP contribution in [0.4, 0.5) is 58.5 Å². The van der Waals surface area contributed by atoms with Gasteiger partial charge in [0.05, 0.1) is 6.42 Å². The number of fused-ring (bicyclic) bond motifs is 1. The van der Waals surface area contributed by atoms with Crippen LogP contribution in [0, 0.1) is 22.7 Å². The van der Waals surface area contributed by atoms with Crippen LogP contribution in [0.25, 0.3) is 5.65 Å². The maximum Gasteiger partial charge on any atom is 0.450 e. The molecule has 24 heteroatoms. The minimum absolute atomic E-state index is 0.130. The number of thioether (sulfide) groups is 2. The van der Waals surface area contributed by atoms with Crippen LogP contribution in [0.1, 0.15) is 28.9 Å². The van der Waals surface area contributed by atoms with Gasteiger partial charge in [0.15, 0.2) is 11.3 Å². The van der Waals surface area contributed by atoms with E-state index in [9.17, 15) is 62.3 Å². The second-order valence-electron chi connectivity index (χ2n) is 7.41. The first-order valence-electron chi connectivity index (χ1n) is 10.4. The molecule has 0 aliphatic rings. The number of rotatable bonds is 4. The lowest BCUT2D eigenvalue weighted by Crippen LogP contribution is -2.31. The third-order valence-corrected chi connectivity index (χ3v) is 5.82. The maximum atomic E-state index is 12.9. The van der Waals surface area contributed by atoms with E-state index >= 15 is 0 Å². The van der Waals surface area contributed by atoms with Crippen LogP contribution in [-0.4, -0.2) is 61.2 Å². The van der Waals surface area contributed by atoms with Crippen molar-refractivity contribution >= 4 is 46.6 Å². The van der Waals surface area contributed by atoms with E-state index in [1.807, 2.05) is 12.3 Å². The normalized spacial score (nSPS) is 11.9. The van der Waals surface area contributed by atoms with Gasteiger partial charge in [-0.3, -0.25) is 14.7 Å². The Hall–Kier alpha value is -4.19. The number of nitriles is 2. The SMILES string of the molecule is CSc1n[nH]c(N)c1C#N.CSc1nn2c(C(F)(F)F)cc(C(F)(F)F)nc2c1C#N.O=C(CC(=O)C(F)(F)F)C(F)(F)F. The van der Waals surface area contributed by atoms with Crippen LogP contribution < -0.4 is 5.73 Å². The van der Waals surface area contributed by atoms with Gasteiger partial charge in [-0.25, -0.2) is 9.50 Å². The molecule has 3 rings (SSSR count). The quantitative estimate of drug-likeness (QED) is 0.201. The molecule has 0 radical (unpaired) electrons. The molecule has 0 aliphatic carbocycles. The van der Waals surface area contributed by atoms with Crippen molar-refractivity contribution in [2.24, 2.45) is 0 Å². The fourth-order valence-electron chi connectivity index (χ4n) is 2.53. The topological polar surface area (TPSA) is 167 Å². The summed E-state index contributed by atoms with van der Waals surface area (Å²) in [6.45, 7) is 0. The van der Waals surface area contributed by atoms with E-state index in [1.54, 1.807) is 0 Å². The summed E-state index contributed by atoms with van der Waals surface area (Å²) in [6.07, 6.45) is -19.9. The number of alkyl halides is 12. The molecule has 0 unspecified atom stereocenters. The summed E-state index contributed by atoms with van der Waals surface area (Å²) >= 11 is 2.23. The van der Waals surface area contributed by atoms with Crippen LogP contribution >= 0.6 is 23.5 Å². The number of Topliss-reactive ketones (excluding diaryl/α,β-unsaturated/α-hetero) is 2. The Morgan fingerprint density at radius 1 is 0.864 bits per heavy atom. The lowest BCUT2D eigenvalue weighted by atomic mass is 10.2. The average Bonchev–Trinajstić information content (AvgIpc) is 3.45. The van der Waals surface area contributed by atoms with Crippen molar-refractivity contribution in [3.05, 3.63) is 28.6 Å². The molecule has 0 atom stereocenters. The van der Waals surface area contributed by atoms with Gasteiger partial charge in [0, 0.05) is 0 Å². The van der Waals surface area contributed by atoms with Gasteiger partial charge in [0.1, 0.15) is 44.8 Å². The van der Waals surface area contributed by atoms with Gasteiger partial charge in [-0.15, -0.1) is 23.5 Å². The van der Waals surface area contributed by atoms with Crippen LogP contribution in [-0.2, 0) is 21.9 Å². The Bertz CT molecular complexity index is 1570. The fourth-order valence-corrected chi connectivity index (χ4v) is 3.53. The molecule has 3 N–H and O–H groups in total. The van der Waals surface area contributed by atoms with E-state index in [1.165, 1.54) is 24.1 Å². The molecule has 0 fully saturated rings. The molecule has 0 spiro atoms. The average molecular weight is 688 g/mol. The maximum absolute atomic E-state index is 12.9. The summed E-state index contributed by atoms with van der Waals surface area (Å²) < 4.78 is 145. The van der Waals surface area contributed by atoms with E-state index < -0.39 is 65.3 Å². The summed E-state index contributed by atoms with van der Waals surface area (Å²) in [5, 5.41) is 27.8. The minimum atomic E-state index is -5.40. The molecule has 3 aromatic heterocycles. The molecular weight excluding hydrogens is 676 g/mol. The number of ketones is 2. The van der Waals surface area contributed by atoms with Crippen LogP contribution in [0.15, 0.2) is 16.1 Å². The Morgan fingerprint density at radius 2 is 1.34 bits per heavy atom. The molecule has 3 heterocycles. The van der Waals surface area contributed by atoms with Crippen molar-refractivity contribution in [3.8, 4) is 12.1 Å². The summed E-state index contributed by atoms with van der Waals surface area (Å²) in [4.78, 5) is 22.9. The predicted octanol–water partition coefficient (Wildman–Crippen LogP) is 5.59. The second-order valence-corrected chi connectivity index (χ2v) is 9.00. The number of aromatic nitrogens is 5. The van der Waals surface area contributed by atoms with Gasteiger partial charge < -0.3 is 5.73 Å². The van der Waals surface area contributed by atoms with E-state index in [-0.39, 0.29) is 15.6 Å². The van der Waals surface area contributed by atoms with Crippen LogP contribution in [0.5, 0.6) is 0 Å². The fraction of sp³-hybridized carbons (Fsp3) is 0.350. The van der Waals surface area contributed by atoms with E-state index in [0.717, 1.165) is 11.8 Å².